The molecular weight excluding hydrogens is 364 g/mol. The Balaban J connectivity index is 1.67. The molecule has 3 rings (SSSR count). The van der Waals surface area contributed by atoms with E-state index in [-0.39, 0.29) is 18.6 Å². The third-order valence-corrected chi connectivity index (χ3v) is 4.85. The Kier molecular flexibility index (Phi) is 6.48. The van der Waals surface area contributed by atoms with Crippen LogP contribution < -0.4 is 0 Å². The lowest BCUT2D eigenvalue weighted by atomic mass is 10.0. The Morgan fingerprint density at radius 1 is 1.26 bits per heavy atom. The number of oxime groups is 1. The number of benzene rings is 2. The Labute approximate surface area is 164 Å². The smallest absolute Gasteiger partial charge is 0.248 e. The number of carbonyl (C=O) groups excluding carboxylic acids is 1. The molecule has 0 aliphatic carbocycles. The monoisotopic (exact) mass is 386 g/mol. The molecule has 2 aromatic rings. The second-order valence-electron chi connectivity index (χ2n) is 6.63. The largest absolute Gasteiger partial charge is 0.390 e. The van der Waals surface area contributed by atoms with Crippen molar-refractivity contribution in [3.63, 3.8) is 0 Å². The summed E-state index contributed by atoms with van der Waals surface area (Å²) in [5.74, 6) is -0.107. The summed E-state index contributed by atoms with van der Waals surface area (Å²) in [4.78, 5) is 19.8. The quantitative estimate of drug-likeness (QED) is 0.726. The normalized spacial score (nSPS) is 16.0. The van der Waals surface area contributed by atoms with Crippen LogP contribution in [-0.2, 0) is 20.9 Å². The third-order valence-electron chi connectivity index (χ3n) is 4.48. The number of halogens is 1. The van der Waals surface area contributed by atoms with Crippen molar-refractivity contribution < 1.29 is 14.4 Å². The number of methoxy groups -OCH3 is 1. The fourth-order valence-corrected chi connectivity index (χ4v) is 3.19. The molecule has 1 aliphatic heterocycles. The topological polar surface area (TPSA) is 51.1 Å². The van der Waals surface area contributed by atoms with Gasteiger partial charge in [-0.25, -0.2) is 0 Å². The minimum atomic E-state index is -0.190. The highest BCUT2D eigenvalue weighted by Gasteiger charge is 2.27. The van der Waals surface area contributed by atoms with Crippen LogP contribution >= 0.6 is 11.6 Å². The molecule has 0 N–H and O–H groups in total. The van der Waals surface area contributed by atoms with Crippen molar-refractivity contribution in [2.45, 2.75) is 26.0 Å². The molecule has 142 valence electrons. The number of aryl methyl sites for hydroxylation is 1. The van der Waals surface area contributed by atoms with Crippen molar-refractivity contribution in [2.24, 2.45) is 5.16 Å². The molecule has 1 atom stereocenters. The van der Waals surface area contributed by atoms with E-state index in [0.29, 0.717) is 24.5 Å². The minimum Gasteiger partial charge on any atom is -0.390 e. The highest BCUT2D eigenvalue weighted by molar-refractivity contribution is 6.31. The number of ether oxygens (including phenoxy) is 1. The molecule has 0 saturated carbocycles. The average molecular weight is 387 g/mol. The van der Waals surface area contributed by atoms with Crippen LogP contribution in [0.2, 0.25) is 5.02 Å². The van der Waals surface area contributed by atoms with Gasteiger partial charge in [-0.3, -0.25) is 4.79 Å². The first kappa shape index (κ1) is 19.4. The Bertz CT molecular complexity index is 820. The standard InChI is InChI=1S/C21H23ClN2O3/c1-15-7-9-16(10-8-15)20-11-18(27-23-20)13-24(21(25)14-26-2)12-17-5-3-4-6-19(17)22/h3-10,18H,11-14H2,1-2H3/t18-/m1/s1. The number of hydrogen-bond acceptors (Lipinski definition) is 4. The van der Waals surface area contributed by atoms with E-state index in [2.05, 4.69) is 17.3 Å². The molecule has 5 nitrogen and oxygen atoms in total. The second-order valence-corrected chi connectivity index (χ2v) is 7.04. The van der Waals surface area contributed by atoms with Gasteiger partial charge in [-0.15, -0.1) is 0 Å². The van der Waals surface area contributed by atoms with E-state index in [1.807, 2.05) is 43.3 Å². The van der Waals surface area contributed by atoms with Crippen molar-refractivity contribution in [1.29, 1.82) is 0 Å². The zero-order valence-electron chi connectivity index (χ0n) is 15.5. The van der Waals surface area contributed by atoms with Crippen molar-refractivity contribution in [3.8, 4) is 0 Å². The summed E-state index contributed by atoms with van der Waals surface area (Å²) >= 11 is 6.26. The van der Waals surface area contributed by atoms with Gasteiger partial charge in [0.1, 0.15) is 6.61 Å². The predicted molar refractivity (Wildman–Crippen MR) is 106 cm³/mol. The minimum absolute atomic E-state index is 0.0167. The van der Waals surface area contributed by atoms with Crippen molar-refractivity contribution in [3.05, 3.63) is 70.2 Å². The van der Waals surface area contributed by atoms with Gasteiger partial charge >= 0.3 is 0 Å². The summed E-state index contributed by atoms with van der Waals surface area (Å²) < 4.78 is 5.02. The second kappa shape index (κ2) is 9.02. The van der Waals surface area contributed by atoms with Gasteiger partial charge < -0.3 is 14.5 Å². The molecule has 1 amide bonds. The van der Waals surface area contributed by atoms with Crippen molar-refractivity contribution in [1.82, 2.24) is 4.90 Å². The fraction of sp³-hybridized carbons (Fsp3) is 0.333. The maximum atomic E-state index is 12.5. The van der Waals surface area contributed by atoms with Crippen LogP contribution in [0, 0.1) is 6.92 Å². The van der Waals surface area contributed by atoms with Gasteiger partial charge in [-0.2, -0.15) is 0 Å². The van der Waals surface area contributed by atoms with Gasteiger partial charge in [-0.1, -0.05) is 64.8 Å². The molecule has 6 heteroatoms. The van der Waals surface area contributed by atoms with E-state index >= 15 is 0 Å². The molecule has 0 spiro atoms. The molecule has 0 aromatic heterocycles. The van der Waals surface area contributed by atoms with Crippen LogP contribution in [0.3, 0.4) is 0 Å². The Morgan fingerprint density at radius 2 is 2.00 bits per heavy atom. The van der Waals surface area contributed by atoms with Crippen molar-refractivity contribution >= 4 is 23.2 Å². The number of carbonyl (C=O) groups is 1. The third kappa shape index (κ3) is 5.08. The fourth-order valence-electron chi connectivity index (χ4n) is 2.99. The molecule has 1 aliphatic rings. The van der Waals surface area contributed by atoms with E-state index in [1.165, 1.54) is 12.7 Å². The lowest BCUT2D eigenvalue weighted by Gasteiger charge is -2.25. The zero-order chi connectivity index (χ0) is 19.2. The van der Waals surface area contributed by atoms with Gasteiger partial charge in [0.15, 0.2) is 6.10 Å². The van der Waals surface area contributed by atoms with E-state index in [1.54, 1.807) is 4.90 Å². The van der Waals surface area contributed by atoms with Crippen molar-refractivity contribution in [2.75, 3.05) is 20.3 Å². The molecule has 2 aromatic carbocycles. The van der Waals surface area contributed by atoms with E-state index < -0.39 is 0 Å². The highest BCUT2D eigenvalue weighted by atomic mass is 35.5. The van der Waals surface area contributed by atoms with Gasteiger partial charge in [0.05, 0.1) is 12.3 Å². The van der Waals surface area contributed by atoms with Gasteiger partial charge in [-0.05, 0) is 24.1 Å². The molecule has 27 heavy (non-hydrogen) atoms. The first-order chi connectivity index (χ1) is 13.1. The van der Waals surface area contributed by atoms with Crippen LogP contribution in [-0.4, -0.2) is 42.9 Å². The molecule has 0 saturated heterocycles. The molecule has 0 radical (unpaired) electrons. The van der Waals surface area contributed by atoms with Crippen LogP contribution in [0.25, 0.3) is 0 Å². The number of amides is 1. The predicted octanol–water partition coefficient (Wildman–Crippen LogP) is 3.82. The molecule has 1 heterocycles. The summed E-state index contributed by atoms with van der Waals surface area (Å²) in [5, 5.41) is 4.86. The van der Waals surface area contributed by atoms with Crippen LogP contribution in [0.4, 0.5) is 0 Å². The van der Waals surface area contributed by atoms with E-state index in [9.17, 15) is 4.79 Å². The number of rotatable bonds is 7. The summed E-state index contributed by atoms with van der Waals surface area (Å²) in [5.41, 5.74) is 4.04. The molecule has 0 fully saturated rings. The van der Waals surface area contributed by atoms with Crippen LogP contribution in [0.1, 0.15) is 23.1 Å². The first-order valence-corrected chi connectivity index (χ1v) is 9.24. The summed E-state index contributed by atoms with van der Waals surface area (Å²) in [7, 11) is 1.51. The zero-order valence-corrected chi connectivity index (χ0v) is 16.3. The van der Waals surface area contributed by atoms with Crippen LogP contribution in [0.5, 0.6) is 0 Å². The first-order valence-electron chi connectivity index (χ1n) is 8.86. The van der Waals surface area contributed by atoms with Gasteiger partial charge in [0.2, 0.25) is 5.91 Å². The number of hydrogen-bond donors (Lipinski definition) is 0. The molecule has 0 unspecified atom stereocenters. The summed E-state index contributed by atoms with van der Waals surface area (Å²) in [6.07, 6.45) is 0.465. The maximum Gasteiger partial charge on any atom is 0.248 e. The van der Waals surface area contributed by atoms with E-state index in [0.717, 1.165) is 16.8 Å². The summed E-state index contributed by atoms with van der Waals surface area (Å²) in [6.45, 7) is 2.89. The van der Waals surface area contributed by atoms with E-state index in [4.69, 9.17) is 21.2 Å². The van der Waals surface area contributed by atoms with Crippen LogP contribution in [0.15, 0.2) is 53.7 Å². The molecular formula is C21H23ClN2O3. The SMILES string of the molecule is COCC(=O)N(Cc1ccccc1Cl)C[C@H]1CC(c2ccc(C)cc2)=NO1. The Morgan fingerprint density at radius 3 is 2.70 bits per heavy atom. The van der Waals surface area contributed by atoms with Gasteiger partial charge in [0.25, 0.3) is 0 Å². The highest BCUT2D eigenvalue weighted by Crippen LogP contribution is 2.21. The molecule has 0 bridgehead atoms. The average Bonchev–Trinajstić information content (AvgIpc) is 3.12. The Hall–Kier alpha value is -2.37. The van der Waals surface area contributed by atoms with Gasteiger partial charge in [0, 0.05) is 25.1 Å². The number of nitrogens with zero attached hydrogens (tertiary/aromatic N) is 2. The lowest BCUT2D eigenvalue weighted by Crippen LogP contribution is -2.39. The maximum absolute atomic E-state index is 12.5. The summed E-state index contributed by atoms with van der Waals surface area (Å²) in [6, 6.07) is 15.7. The lowest BCUT2D eigenvalue weighted by molar-refractivity contribution is -0.137.